The van der Waals surface area contributed by atoms with Crippen LogP contribution in [0.1, 0.15) is 37.8 Å². The molecule has 0 spiro atoms. The van der Waals surface area contributed by atoms with Gasteiger partial charge in [0.25, 0.3) is 0 Å². The van der Waals surface area contributed by atoms with Crippen molar-refractivity contribution in [3.05, 3.63) is 35.0 Å². The molecule has 0 radical (unpaired) electrons. The molecule has 8 nitrogen and oxygen atoms in total. The van der Waals surface area contributed by atoms with Gasteiger partial charge in [-0.05, 0) is 38.0 Å². The van der Waals surface area contributed by atoms with E-state index in [0.717, 1.165) is 24.4 Å². The van der Waals surface area contributed by atoms with Crippen LogP contribution in [-0.2, 0) is 10.0 Å². The maximum atomic E-state index is 13.1. The van der Waals surface area contributed by atoms with E-state index in [9.17, 15) is 8.42 Å². The Bertz CT molecular complexity index is 1050. The van der Waals surface area contributed by atoms with Crippen molar-refractivity contribution in [3.8, 4) is 5.75 Å². The Morgan fingerprint density at radius 1 is 1.06 bits per heavy atom. The van der Waals surface area contributed by atoms with Gasteiger partial charge in [-0.15, -0.1) is 0 Å². The lowest BCUT2D eigenvalue weighted by Crippen LogP contribution is -2.49. The Labute approximate surface area is 195 Å². The van der Waals surface area contributed by atoms with Crippen molar-refractivity contribution >= 4 is 33.4 Å². The fourth-order valence-corrected chi connectivity index (χ4v) is 6.09. The molecule has 1 saturated heterocycles. The number of anilines is 2. The Hall–Kier alpha value is -2.10. The van der Waals surface area contributed by atoms with E-state index in [2.05, 4.69) is 15.2 Å². The predicted molar refractivity (Wildman–Crippen MR) is 126 cm³/mol. The molecule has 10 heteroatoms. The van der Waals surface area contributed by atoms with Gasteiger partial charge in [-0.2, -0.15) is 9.29 Å². The van der Waals surface area contributed by atoms with E-state index in [1.807, 2.05) is 13.0 Å². The van der Waals surface area contributed by atoms with Gasteiger partial charge in [-0.25, -0.2) is 13.4 Å². The van der Waals surface area contributed by atoms with Crippen molar-refractivity contribution in [3.63, 3.8) is 0 Å². The van der Waals surface area contributed by atoms with Crippen LogP contribution in [-0.4, -0.2) is 62.0 Å². The summed E-state index contributed by atoms with van der Waals surface area (Å²) in [6.07, 6.45) is 6.09. The molecule has 0 unspecified atom stereocenters. The van der Waals surface area contributed by atoms with Gasteiger partial charge < -0.3 is 15.0 Å². The Kier molecular flexibility index (Phi) is 7.07. The summed E-state index contributed by atoms with van der Waals surface area (Å²) in [5.41, 5.74) is 0.899. The van der Waals surface area contributed by atoms with Crippen molar-refractivity contribution in [1.82, 2.24) is 14.3 Å². The summed E-state index contributed by atoms with van der Waals surface area (Å²) in [4.78, 5) is 11.6. The monoisotopic (exact) mass is 479 g/mol. The van der Waals surface area contributed by atoms with Crippen molar-refractivity contribution in [2.45, 2.75) is 50.0 Å². The third-order valence-corrected chi connectivity index (χ3v) is 8.29. The predicted octanol–water partition coefficient (Wildman–Crippen LogP) is 3.70. The fourth-order valence-electron chi connectivity index (χ4n) is 4.32. The van der Waals surface area contributed by atoms with Crippen LogP contribution in [0.25, 0.3) is 0 Å². The third kappa shape index (κ3) is 5.10. The van der Waals surface area contributed by atoms with E-state index >= 15 is 0 Å². The molecule has 1 aromatic carbocycles. The van der Waals surface area contributed by atoms with Crippen LogP contribution >= 0.6 is 11.6 Å². The van der Waals surface area contributed by atoms with Crippen LogP contribution in [0.4, 0.5) is 11.8 Å². The number of piperazine rings is 1. The molecule has 4 rings (SSSR count). The number of aryl methyl sites for hydroxylation is 1. The number of ether oxygens (including phenoxy) is 1. The van der Waals surface area contributed by atoms with Crippen molar-refractivity contribution in [1.29, 1.82) is 0 Å². The number of hydrogen-bond donors (Lipinski definition) is 1. The van der Waals surface area contributed by atoms with E-state index in [1.165, 1.54) is 42.8 Å². The summed E-state index contributed by atoms with van der Waals surface area (Å²) in [6, 6.07) is 6.94. The van der Waals surface area contributed by atoms with Gasteiger partial charge in [-0.3, -0.25) is 0 Å². The molecule has 2 heterocycles. The lowest BCUT2D eigenvalue weighted by atomic mass is 9.96. The zero-order valence-corrected chi connectivity index (χ0v) is 20.1. The molecule has 1 aliphatic heterocycles. The number of hydrogen-bond acceptors (Lipinski definition) is 7. The summed E-state index contributed by atoms with van der Waals surface area (Å²) in [5, 5.41) is 3.77. The molecule has 1 N–H and O–H groups in total. The van der Waals surface area contributed by atoms with E-state index in [4.69, 9.17) is 21.3 Å². The maximum absolute atomic E-state index is 13.1. The summed E-state index contributed by atoms with van der Waals surface area (Å²) >= 11 is 6.14. The van der Waals surface area contributed by atoms with Crippen LogP contribution in [0.2, 0.25) is 5.02 Å². The van der Waals surface area contributed by atoms with Crippen molar-refractivity contribution in [2.24, 2.45) is 0 Å². The normalized spacial score (nSPS) is 18.5. The first-order valence-electron chi connectivity index (χ1n) is 11.1. The van der Waals surface area contributed by atoms with Gasteiger partial charge in [0.15, 0.2) is 0 Å². The quantitative estimate of drug-likeness (QED) is 0.675. The van der Waals surface area contributed by atoms with Crippen LogP contribution in [0, 0.1) is 6.92 Å². The van der Waals surface area contributed by atoms with Crippen LogP contribution in [0.15, 0.2) is 29.2 Å². The molecule has 1 saturated carbocycles. The van der Waals surface area contributed by atoms with Crippen molar-refractivity contribution in [2.75, 3.05) is 43.5 Å². The highest BCUT2D eigenvalue weighted by Gasteiger charge is 2.30. The third-order valence-electron chi connectivity index (χ3n) is 6.10. The largest absolute Gasteiger partial charge is 0.495 e. The molecule has 0 amide bonds. The number of nitrogens with zero attached hydrogens (tertiary/aromatic N) is 4. The average molecular weight is 480 g/mol. The molecule has 2 fully saturated rings. The van der Waals surface area contributed by atoms with Gasteiger partial charge in [-0.1, -0.05) is 30.9 Å². The number of rotatable bonds is 6. The Balaban J connectivity index is 1.43. The number of aromatic nitrogens is 2. The van der Waals surface area contributed by atoms with Gasteiger partial charge in [0.1, 0.15) is 11.6 Å². The molecule has 32 heavy (non-hydrogen) atoms. The van der Waals surface area contributed by atoms with E-state index < -0.39 is 10.0 Å². The average Bonchev–Trinajstić information content (AvgIpc) is 2.79. The highest BCUT2D eigenvalue weighted by Crippen LogP contribution is 2.29. The minimum absolute atomic E-state index is 0.175. The summed E-state index contributed by atoms with van der Waals surface area (Å²) < 4.78 is 32.8. The van der Waals surface area contributed by atoms with Gasteiger partial charge >= 0.3 is 0 Å². The minimum atomic E-state index is -3.63. The van der Waals surface area contributed by atoms with Crippen molar-refractivity contribution < 1.29 is 13.2 Å². The maximum Gasteiger partial charge on any atom is 0.243 e. The van der Waals surface area contributed by atoms with Crippen LogP contribution in [0.3, 0.4) is 0 Å². The topological polar surface area (TPSA) is 87.7 Å². The number of halogens is 1. The molecule has 2 aromatic rings. The van der Waals surface area contributed by atoms with E-state index in [1.54, 1.807) is 6.07 Å². The summed E-state index contributed by atoms with van der Waals surface area (Å²) in [5.74, 6) is 1.95. The van der Waals surface area contributed by atoms with Gasteiger partial charge in [0.2, 0.25) is 16.0 Å². The Morgan fingerprint density at radius 2 is 1.78 bits per heavy atom. The number of sulfonamides is 1. The van der Waals surface area contributed by atoms with E-state index in [-0.39, 0.29) is 9.92 Å². The molecule has 174 valence electrons. The minimum Gasteiger partial charge on any atom is -0.495 e. The molecule has 1 aliphatic carbocycles. The van der Waals surface area contributed by atoms with Gasteiger partial charge in [0.05, 0.1) is 17.0 Å². The molecular formula is C22H30ClN5O3S. The molecule has 1 aromatic heterocycles. The fraction of sp³-hybridized carbons (Fsp3) is 0.545. The second-order valence-corrected chi connectivity index (χ2v) is 10.7. The SMILES string of the molecule is COc1ccc(S(=O)(=O)N2CCN(c3cc(C)nc(NC4CCCCC4)n3)CC2)cc1Cl. The van der Waals surface area contributed by atoms with Gasteiger partial charge in [0, 0.05) is 44.0 Å². The van der Waals surface area contributed by atoms with Crippen LogP contribution < -0.4 is 15.0 Å². The molecular weight excluding hydrogens is 450 g/mol. The number of methoxy groups -OCH3 is 1. The summed E-state index contributed by atoms with van der Waals surface area (Å²) in [7, 11) is -2.13. The smallest absolute Gasteiger partial charge is 0.243 e. The highest BCUT2D eigenvalue weighted by molar-refractivity contribution is 7.89. The van der Waals surface area contributed by atoms with E-state index in [0.29, 0.717) is 43.9 Å². The highest BCUT2D eigenvalue weighted by atomic mass is 35.5. The first-order chi connectivity index (χ1) is 15.4. The molecule has 2 aliphatic rings. The van der Waals surface area contributed by atoms with Crippen LogP contribution in [0.5, 0.6) is 5.75 Å². The lowest BCUT2D eigenvalue weighted by molar-refractivity contribution is 0.383. The Morgan fingerprint density at radius 3 is 2.44 bits per heavy atom. The standard InChI is InChI=1S/C22H30ClN5O3S/c1-16-14-21(26-22(24-16)25-17-6-4-3-5-7-17)27-10-12-28(13-11-27)32(29,30)18-8-9-20(31-2)19(23)15-18/h8-9,14-15,17H,3-7,10-13H2,1-2H3,(H,24,25,26). The number of benzene rings is 1. The first-order valence-corrected chi connectivity index (χ1v) is 12.9. The summed E-state index contributed by atoms with van der Waals surface area (Å²) in [6.45, 7) is 3.83. The zero-order chi connectivity index (χ0) is 22.7. The zero-order valence-electron chi connectivity index (χ0n) is 18.6. The molecule has 0 atom stereocenters. The second-order valence-electron chi connectivity index (χ2n) is 8.36. The second kappa shape index (κ2) is 9.80. The number of nitrogens with one attached hydrogen (secondary N) is 1. The lowest BCUT2D eigenvalue weighted by Gasteiger charge is -2.35. The molecule has 0 bridgehead atoms. The first kappa shape index (κ1) is 23.1.